The number of carboxylic acid groups (broad SMARTS) is 1. The average Bonchev–Trinajstić information content (AvgIpc) is 1.69. The van der Waals surface area contributed by atoms with Gasteiger partial charge in [-0.3, -0.25) is 35.1 Å². The SMILES string of the molecule is CI.CN(C)c1ccc(/C=C/C(=O)O)cc1.CNc1ccc(/C=C/c2nc3ccccc3s2)cc1.Nc1ccc(/C=C/c2nc3ccccc3s2)cc1.Nc1ccc(CCc2nc3ccccc3s2)cc1.Nc1ccccc1S.Nc1ccccc1S.O=C(Cl)/C=C/c1ccc([N+](=O)[O-])cc1.O=[N+]([O-])c1ccc(/C=C/c2nc3ccccc3s2)cc1.O=[N+]([O-])c1ccc(/C=C/c2nc3ccccc3s2)cc1.[Cl][Sn][Cl].[HH]. The van der Waals surface area contributed by atoms with E-state index in [0.717, 1.165) is 142 Å². The van der Waals surface area contributed by atoms with Crippen molar-refractivity contribution in [3.63, 3.8) is 0 Å². The van der Waals surface area contributed by atoms with Crippen LogP contribution in [0.3, 0.4) is 0 Å². The molecule has 0 spiro atoms. The number of alkyl halides is 1. The molecule has 35 heteroatoms. The number of aromatic nitrogens is 5. The van der Waals surface area contributed by atoms with Crippen molar-refractivity contribution in [2.45, 2.75) is 22.6 Å². The number of hydrogen-bond donors (Lipinski definition) is 8. The molecule has 0 aliphatic rings. The van der Waals surface area contributed by atoms with Gasteiger partial charge in [-0.25, -0.2) is 29.7 Å². The van der Waals surface area contributed by atoms with Crippen LogP contribution in [0.15, 0.2) is 362 Å². The van der Waals surface area contributed by atoms with E-state index in [2.05, 4.69) is 163 Å². The molecule has 5 heterocycles. The van der Waals surface area contributed by atoms with Crippen molar-refractivity contribution in [1.82, 2.24) is 24.9 Å². The van der Waals surface area contributed by atoms with E-state index >= 15 is 0 Å². The van der Waals surface area contributed by atoms with Crippen molar-refractivity contribution in [2.24, 2.45) is 0 Å². The Morgan fingerprint density at radius 2 is 0.660 bits per heavy atom. The molecule has 0 amide bonds. The molecule has 732 valence electrons. The second-order valence-corrected chi connectivity index (χ2v) is 40.7. The van der Waals surface area contributed by atoms with Gasteiger partial charge in [0.2, 0.25) is 5.24 Å². The summed E-state index contributed by atoms with van der Waals surface area (Å²) < 4.78 is 6.01. The van der Waals surface area contributed by atoms with Crippen LogP contribution in [0.4, 0.5) is 51.2 Å². The molecule has 144 heavy (non-hydrogen) atoms. The van der Waals surface area contributed by atoms with Crippen molar-refractivity contribution < 1.29 is 30.9 Å². The third kappa shape index (κ3) is 40.5. The van der Waals surface area contributed by atoms with Gasteiger partial charge in [0.1, 0.15) is 20.0 Å². The maximum Gasteiger partial charge on any atom is 0 e. The summed E-state index contributed by atoms with van der Waals surface area (Å²) in [5.74, 6) is -0.929. The predicted octanol–water partition coefficient (Wildman–Crippen LogP) is 30.6. The van der Waals surface area contributed by atoms with E-state index in [-0.39, 0.29) is 18.5 Å². The Balaban J connectivity index is 0.000000200. The molecule has 10 N–H and O–H groups in total. The summed E-state index contributed by atoms with van der Waals surface area (Å²) in [7, 11) is 15.7. The first-order chi connectivity index (χ1) is 69.6. The maximum absolute atomic E-state index is 10.6. The van der Waals surface area contributed by atoms with Crippen molar-refractivity contribution in [1.29, 1.82) is 0 Å². The zero-order valence-electron chi connectivity index (χ0n) is 77.7. The van der Waals surface area contributed by atoms with E-state index in [1.807, 2.05) is 262 Å². The molecule has 0 aliphatic heterocycles. The second-order valence-electron chi connectivity index (χ2n) is 29.8. The number of hydrogen-bond acceptors (Lipinski definition) is 26. The molecule has 0 bridgehead atoms. The Hall–Kier alpha value is -13.8. The Bertz CT molecular complexity index is 7130. The van der Waals surface area contributed by atoms with E-state index in [1.165, 1.54) is 90.9 Å². The smallest absolute Gasteiger partial charge is 0 e. The standard InChI is InChI=1S/C16H14N2S.2C15H10N2O2S.C15H14N2S.C15H12N2S.C11H13NO2.C9H6ClNO3.2C6H7NS.CH3I.2ClH.Sn.H2/c1-17-13-9-6-12(7-10-13)8-11-16-18-14-4-2-3-5-15(14)19-16;2*18-17(19)12-8-5-11(6-9-12)7-10-15-16-13-3-1-2-4-14(13)20-15;2*16-12-8-5-11(6-9-12)7-10-15-17-13-3-1-2-4-14(13)18-15;1-12(2)10-6-3-9(4-7-10)5-8-11(13)14;10-9(12)6-3-7-1-4-8(5-2-7)11(13)14;2*7-5-3-1-2-4-6(5)8;1-2;;;;/h2-11,17H,1H3;2*1-10H;1-6,8-9H,7,10,16H2;1-10H,16H2;3-8H,1-2H3,(H,13,14);1-6H;2*1-4,8H,7H2;1H3;2*1H;;1H/q;;;;;;;;;;;;+2;/p-2/b11-8+;2*10-7+;;10-7+;8-5+;6-3+;;;;;;;. The van der Waals surface area contributed by atoms with E-state index in [4.69, 9.17) is 57.5 Å². The topological polar surface area (TPSA) is 368 Å². The van der Waals surface area contributed by atoms with Gasteiger partial charge in [-0.05, 0) is 268 Å². The first-order valence-corrected chi connectivity index (χ1v) is 58.0. The van der Waals surface area contributed by atoms with Crippen LogP contribution in [0.2, 0.25) is 0 Å². The second kappa shape index (κ2) is 61.9. The molecule has 5 aromatic heterocycles. The summed E-state index contributed by atoms with van der Waals surface area (Å²) in [6.45, 7) is 0. The Kier molecular flexibility index (Phi) is 48.9. The number of nitro groups is 3. The number of nitrogens with one attached hydrogen (secondary N) is 1. The van der Waals surface area contributed by atoms with Crippen molar-refractivity contribution in [2.75, 3.05) is 59.2 Å². The van der Waals surface area contributed by atoms with Crippen LogP contribution in [0.25, 0.3) is 112 Å². The normalized spacial score (nSPS) is 10.6. The summed E-state index contributed by atoms with van der Waals surface area (Å²) >= 11 is 23.0. The van der Waals surface area contributed by atoms with Gasteiger partial charge in [0.25, 0.3) is 17.1 Å². The molecule has 0 saturated heterocycles. The fraction of sp³-hybridized carbons (Fsp3) is 0.0550. The minimum atomic E-state index is -0.929. The monoisotopic (exact) mass is 2320 g/mol. The Labute approximate surface area is 902 Å². The average molecular weight is 2320 g/mol. The third-order valence-electron chi connectivity index (χ3n) is 19.4. The number of nitrogens with two attached hydrogens (primary N) is 4. The fourth-order valence-electron chi connectivity index (χ4n) is 12.2. The number of nitrogen functional groups attached to an aromatic ring is 4. The van der Waals surface area contributed by atoms with E-state index in [1.54, 1.807) is 87.0 Å². The molecular formula is C109H98Cl3IN14O9S7Sn. The quantitative estimate of drug-likeness (QED) is 0.00404. The van der Waals surface area contributed by atoms with Gasteiger partial charge in [0, 0.05) is 115 Å². The number of fused-ring (bicyclic) bond motifs is 5. The van der Waals surface area contributed by atoms with Crippen molar-refractivity contribution >= 4 is 327 Å². The van der Waals surface area contributed by atoms with Crippen LogP contribution >= 0.6 is 134 Å². The van der Waals surface area contributed by atoms with Crippen molar-refractivity contribution in [3.8, 4) is 0 Å². The van der Waals surface area contributed by atoms with Crippen LogP contribution in [-0.2, 0) is 22.4 Å². The van der Waals surface area contributed by atoms with Gasteiger partial charge < -0.3 is 38.3 Å². The number of nitrogens with zero attached hydrogens (tertiary/aromatic N) is 9. The number of thiazole rings is 5. The maximum atomic E-state index is 10.6. The molecule has 14 aromatic carbocycles. The van der Waals surface area contributed by atoms with Crippen LogP contribution < -0.4 is 33.2 Å². The number of para-hydroxylation sites is 7. The van der Waals surface area contributed by atoms with Gasteiger partial charge >= 0.3 is 42.7 Å². The molecule has 0 atom stereocenters. The Morgan fingerprint density at radius 1 is 0.389 bits per heavy atom. The number of benzene rings is 14. The summed E-state index contributed by atoms with van der Waals surface area (Å²) in [5.41, 5.74) is 39.9. The number of carboxylic acids is 1. The summed E-state index contributed by atoms with van der Waals surface area (Å²) in [6.07, 6.45) is 23.3. The zero-order chi connectivity index (χ0) is 103. The first kappa shape index (κ1) is 114. The van der Waals surface area contributed by atoms with Crippen LogP contribution in [0, 0.1) is 30.3 Å². The first-order valence-electron chi connectivity index (χ1n) is 43.3. The molecule has 0 unspecified atom stereocenters. The fourth-order valence-corrected chi connectivity index (χ4v) is 17.0. The molecule has 19 aromatic rings. The Morgan fingerprint density at radius 3 is 0.938 bits per heavy atom. The van der Waals surface area contributed by atoms with E-state index < -0.39 is 44.9 Å². The van der Waals surface area contributed by atoms with Gasteiger partial charge in [0.05, 0.1) is 70.9 Å². The molecule has 23 nitrogen and oxygen atoms in total. The molecule has 0 aliphatic carbocycles. The number of allylic oxidation sites excluding steroid dienone is 1. The number of carbonyl (C=O) groups is 2. The van der Waals surface area contributed by atoms with Crippen LogP contribution in [0.5, 0.6) is 0 Å². The number of anilines is 6. The van der Waals surface area contributed by atoms with Gasteiger partial charge in [-0.2, -0.15) is 0 Å². The number of thiol groups is 2. The van der Waals surface area contributed by atoms with Crippen molar-refractivity contribution in [3.05, 3.63) is 446 Å². The largest absolute Gasteiger partial charge is 0 e. The minimum absolute atomic E-state index is 0. The molecule has 0 saturated carbocycles. The number of aliphatic carboxylic acids is 1. The molecular weight excluding hydrogens is 2230 g/mol. The number of aryl methyl sites for hydroxylation is 2. The van der Waals surface area contributed by atoms with Crippen LogP contribution in [0.1, 0.15) is 65.4 Å². The zero-order valence-corrected chi connectivity index (χ0v) is 90.8. The van der Waals surface area contributed by atoms with E-state index in [0.29, 0.717) is 5.56 Å². The molecule has 0 fully saturated rings. The third-order valence-corrected chi connectivity index (χ3v) is 25.5. The van der Waals surface area contributed by atoms with E-state index in [9.17, 15) is 39.9 Å². The van der Waals surface area contributed by atoms with Gasteiger partial charge in [-0.1, -0.05) is 186 Å². The predicted molar refractivity (Wildman–Crippen MR) is 631 cm³/mol. The molecule has 19 rings (SSSR count). The summed E-state index contributed by atoms with van der Waals surface area (Å²) in [4.78, 5) is 79.2. The number of rotatable bonds is 20. The van der Waals surface area contributed by atoms with Gasteiger partial charge in [0.15, 0.2) is 0 Å². The number of non-ortho nitro benzene ring substituents is 3. The summed E-state index contributed by atoms with van der Waals surface area (Å²) in [6, 6.07) is 106. The minimum Gasteiger partial charge on any atom is 0 e. The van der Waals surface area contributed by atoms with Gasteiger partial charge in [-0.15, -0.1) is 81.9 Å². The molecule has 2 radical (unpaired) electrons. The van der Waals surface area contributed by atoms with Crippen LogP contribution in [-0.4, -0.2) is 101 Å². The number of carbonyl (C=O) groups excluding carboxylic acids is 1. The number of nitro benzene ring substituents is 3. The summed E-state index contributed by atoms with van der Waals surface area (Å²) in [5, 5.41) is 47.5. The number of halogens is 4.